The maximum Gasteiger partial charge on any atom is 0.304 e. The number of nitrogens with zero attached hydrogens (tertiary/aromatic N) is 1. The van der Waals surface area contributed by atoms with Crippen LogP contribution in [0, 0.1) is 15.9 Å². The molecule has 5 heteroatoms. The second-order valence-electron chi connectivity index (χ2n) is 2.89. The molecule has 0 amide bonds. The number of hydrogen-bond acceptors (Lipinski definition) is 3. The van der Waals surface area contributed by atoms with Crippen molar-refractivity contribution in [1.29, 1.82) is 0 Å². The summed E-state index contributed by atoms with van der Waals surface area (Å²) >= 11 is 0. The molecule has 0 unspecified atom stereocenters. The molecule has 0 aliphatic heterocycles. The number of halogens is 1. The largest absolute Gasteiger partial charge is 0.304 e. The van der Waals surface area contributed by atoms with E-state index in [0.29, 0.717) is 0 Å². The summed E-state index contributed by atoms with van der Waals surface area (Å²) in [5, 5.41) is 10.2. The third-order valence-corrected chi connectivity index (χ3v) is 1.55. The number of rotatable bonds is 2. The monoisotopic (exact) mass is 255 g/mol. The first-order chi connectivity index (χ1) is 8.43. The molecule has 18 heavy (non-hydrogen) atoms. The predicted molar refractivity (Wildman–Crippen MR) is 70.3 cm³/mol. The number of hydrogen-bond donors (Lipinski definition) is 0. The Morgan fingerprint density at radius 1 is 1.44 bits per heavy atom. The molecule has 0 aliphatic carbocycles. The highest BCUT2D eigenvalue weighted by molar-refractivity contribution is 5.94. The minimum atomic E-state index is -0.988. The van der Waals surface area contributed by atoms with E-state index in [-0.39, 0.29) is 11.3 Å². The number of ketones is 1. The van der Waals surface area contributed by atoms with Gasteiger partial charge in [0.25, 0.3) is 0 Å². The number of Topliss-reactive ketones (excluding diaryl/α,β-unsaturated/α-hetero) is 1. The van der Waals surface area contributed by atoms with E-state index in [9.17, 15) is 19.3 Å². The van der Waals surface area contributed by atoms with E-state index in [4.69, 9.17) is 0 Å². The van der Waals surface area contributed by atoms with Gasteiger partial charge >= 0.3 is 5.69 Å². The molecule has 0 aliphatic rings. The molecule has 0 heterocycles. The molecule has 4 nitrogen and oxygen atoms in total. The number of nitro groups is 1. The molecular formula is C13H18FNO3. The van der Waals surface area contributed by atoms with Crippen LogP contribution >= 0.6 is 0 Å². The van der Waals surface area contributed by atoms with Crippen molar-refractivity contribution in [1.82, 2.24) is 0 Å². The fourth-order valence-corrected chi connectivity index (χ4v) is 0.874. The van der Waals surface area contributed by atoms with E-state index in [1.807, 2.05) is 20.8 Å². The summed E-state index contributed by atoms with van der Waals surface area (Å²) in [6, 6.07) is 3.07. The molecule has 0 aromatic heterocycles. The summed E-state index contributed by atoms with van der Waals surface area (Å²) in [6.07, 6.45) is 1.75. The first kappa shape index (κ1) is 18.3. The van der Waals surface area contributed by atoms with Gasteiger partial charge in [-0.15, -0.1) is 6.58 Å². The summed E-state index contributed by atoms with van der Waals surface area (Å²) in [4.78, 5) is 20.1. The lowest BCUT2D eigenvalue weighted by Gasteiger charge is -1.96. The molecule has 1 rings (SSSR count). The van der Waals surface area contributed by atoms with Crippen LogP contribution in [0.5, 0.6) is 0 Å². The van der Waals surface area contributed by atoms with E-state index in [2.05, 4.69) is 6.58 Å². The molecule has 0 radical (unpaired) electrons. The molecule has 0 saturated carbocycles. The zero-order chi connectivity index (χ0) is 14.7. The van der Waals surface area contributed by atoms with Gasteiger partial charge in [-0.25, -0.2) is 0 Å². The Hall–Kier alpha value is -2.04. The van der Waals surface area contributed by atoms with E-state index < -0.39 is 16.4 Å². The number of carbonyl (C=O) groups excluding carboxylic acids is 1. The van der Waals surface area contributed by atoms with Crippen molar-refractivity contribution in [3.8, 4) is 0 Å². The maximum atomic E-state index is 12.9. The second-order valence-corrected chi connectivity index (χ2v) is 2.89. The van der Waals surface area contributed by atoms with Gasteiger partial charge in [0.2, 0.25) is 5.82 Å². The Labute approximate surface area is 106 Å². The average Bonchev–Trinajstić information content (AvgIpc) is 2.32. The van der Waals surface area contributed by atoms with Gasteiger partial charge in [-0.05, 0) is 26.0 Å². The van der Waals surface area contributed by atoms with E-state index in [0.717, 1.165) is 12.1 Å². The first-order valence-electron chi connectivity index (χ1n) is 5.46. The summed E-state index contributed by atoms with van der Waals surface area (Å²) < 4.78 is 12.9. The van der Waals surface area contributed by atoms with Gasteiger partial charge in [0.15, 0.2) is 5.78 Å². The van der Waals surface area contributed by atoms with Gasteiger partial charge in [0.05, 0.1) is 4.92 Å². The Kier molecular flexibility index (Phi) is 10.3. The molecule has 0 saturated heterocycles. The van der Waals surface area contributed by atoms with E-state index in [1.54, 1.807) is 6.08 Å². The van der Waals surface area contributed by atoms with Gasteiger partial charge in [0.1, 0.15) is 0 Å². The standard InChI is InChI=1S/C8H6FNO3.C3H6.C2H6/c1-5(11)6-2-3-8(10(12)13)7(9)4-6;1-3-2;1-2/h2-4H,1H3;3H,1H2,2H3;1-2H3. The Balaban J connectivity index is 0. The van der Waals surface area contributed by atoms with Crippen molar-refractivity contribution in [3.05, 3.63) is 52.3 Å². The molecule has 0 spiro atoms. The highest BCUT2D eigenvalue weighted by atomic mass is 19.1. The van der Waals surface area contributed by atoms with E-state index in [1.165, 1.54) is 13.0 Å². The van der Waals surface area contributed by atoms with Crippen molar-refractivity contribution in [2.24, 2.45) is 0 Å². The summed E-state index contributed by atoms with van der Waals surface area (Å²) in [5.41, 5.74) is -0.492. The van der Waals surface area contributed by atoms with Crippen molar-refractivity contribution < 1.29 is 14.1 Å². The lowest BCUT2D eigenvalue weighted by molar-refractivity contribution is -0.387. The average molecular weight is 255 g/mol. The minimum absolute atomic E-state index is 0.128. The van der Waals surface area contributed by atoms with Crippen LogP contribution in [0.3, 0.4) is 0 Å². The Morgan fingerprint density at radius 3 is 2.17 bits per heavy atom. The molecule has 0 N–H and O–H groups in total. The molecule has 1 aromatic carbocycles. The van der Waals surface area contributed by atoms with Crippen LogP contribution in [0.1, 0.15) is 38.1 Å². The van der Waals surface area contributed by atoms with Gasteiger partial charge < -0.3 is 0 Å². The zero-order valence-corrected chi connectivity index (χ0v) is 11.1. The van der Waals surface area contributed by atoms with Crippen LogP contribution in [0.25, 0.3) is 0 Å². The normalized spacial score (nSPS) is 8.06. The number of carbonyl (C=O) groups is 1. The quantitative estimate of drug-likeness (QED) is 0.345. The third-order valence-electron chi connectivity index (χ3n) is 1.55. The van der Waals surface area contributed by atoms with Crippen molar-refractivity contribution in [2.75, 3.05) is 0 Å². The van der Waals surface area contributed by atoms with Crippen LogP contribution in [-0.2, 0) is 0 Å². The van der Waals surface area contributed by atoms with Crippen LogP contribution in [0.4, 0.5) is 10.1 Å². The summed E-state index contributed by atoms with van der Waals surface area (Å²) in [6.45, 7) is 10.5. The van der Waals surface area contributed by atoms with Gasteiger partial charge in [0, 0.05) is 11.6 Å². The highest BCUT2D eigenvalue weighted by Gasteiger charge is 2.14. The summed E-state index contributed by atoms with van der Waals surface area (Å²) in [5.74, 6) is -1.31. The topological polar surface area (TPSA) is 60.2 Å². The molecular weight excluding hydrogens is 237 g/mol. The molecule has 0 bridgehead atoms. The van der Waals surface area contributed by atoms with Gasteiger partial charge in [-0.1, -0.05) is 19.9 Å². The maximum absolute atomic E-state index is 12.9. The Bertz CT molecular complexity index is 417. The van der Waals surface area contributed by atoms with Crippen LogP contribution in [-0.4, -0.2) is 10.7 Å². The lowest BCUT2D eigenvalue weighted by Crippen LogP contribution is -1.97. The number of benzene rings is 1. The van der Waals surface area contributed by atoms with Crippen LogP contribution in [0.2, 0.25) is 0 Å². The molecule has 0 atom stereocenters. The second kappa shape index (κ2) is 10.1. The highest BCUT2D eigenvalue weighted by Crippen LogP contribution is 2.17. The van der Waals surface area contributed by atoms with Gasteiger partial charge in [-0.2, -0.15) is 4.39 Å². The minimum Gasteiger partial charge on any atom is -0.295 e. The smallest absolute Gasteiger partial charge is 0.295 e. The number of allylic oxidation sites excluding steroid dienone is 1. The van der Waals surface area contributed by atoms with Crippen molar-refractivity contribution in [3.63, 3.8) is 0 Å². The Morgan fingerprint density at radius 2 is 1.89 bits per heavy atom. The van der Waals surface area contributed by atoms with Gasteiger partial charge in [-0.3, -0.25) is 14.9 Å². The first-order valence-corrected chi connectivity index (χ1v) is 5.46. The molecule has 0 fully saturated rings. The van der Waals surface area contributed by atoms with Crippen LogP contribution in [0.15, 0.2) is 30.9 Å². The van der Waals surface area contributed by atoms with Crippen molar-refractivity contribution >= 4 is 11.5 Å². The fourth-order valence-electron chi connectivity index (χ4n) is 0.874. The predicted octanol–water partition coefficient (Wildman–Crippen LogP) is 4.16. The molecule has 100 valence electrons. The van der Waals surface area contributed by atoms with Crippen molar-refractivity contribution in [2.45, 2.75) is 27.7 Å². The fraction of sp³-hybridized carbons (Fsp3) is 0.308. The SMILES string of the molecule is C=CC.CC.CC(=O)c1ccc([N+](=O)[O-])c(F)c1. The van der Waals surface area contributed by atoms with E-state index >= 15 is 0 Å². The lowest BCUT2D eigenvalue weighted by atomic mass is 10.1. The molecule has 1 aromatic rings. The van der Waals surface area contributed by atoms with Crippen LogP contribution < -0.4 is 0 Å². The zero-order valence-electron chi connectivity index (χ0n) is 11.1. The third kappa shape index (κ3) is 6.52. The summed E-state index contributed by atoms with van der Waals surface area (Å²) in [7, 11) is 0. The number of nitro benzene ring substituents is 1.